The molecule has 0 aliphatic rings. The summed E-state index contributed by atoms with van der Waals surface area (Å²) in [7, 11) is 0. The van der Waals surface area contributed by atoms with Gasteiger partial charge in [0.2, 0.25) is 0 Å². The van der Waals surface area contributed by atoms with E-state index in [1.807, 2.05) is 43.1 Å². The fourth-order valence-electron chi connectivity index (χ4n) is 2.60. The molecule has 1 atom stereocenters. The van der Waals surface area contributed by atoms with Crippen molar-refractivity contribution >= 4 is 11.0 Å². The van der Waals surface area contributed by atoms with Crippen LogP contribution in [-0.4, -0.2) is 24.9 Å². The topological polar surface area (TPSA) is 83.8 Å². The van der Waals surface area contributed by atoms with Gasteiger partial charge < -0.3 is 10.1 Å². The van der Waals surface area contributed by atoms with Gasteiger partial charge in [0.15, 0.2) is 11.5 Å². The predicted molar refractivity (Wildman–Crippen MR) is 84.0 cm³/mol. The Morgan fingerprint density at radius 2 is 1.96 bits per heavy atom. The highest BCUT2D eigenvalue weighted by Gasteiger charge is 2.22. The van der Waals surface area contributed by atoms with Gasteiger partial charge in [-0.2, -0.15) is 5.10 Å². The van der Waals surface area contributed by atoms with Gasteiger partial charge in [-0.05, 0) is 19.4 Å². The summed E-state index contributed by atoms with van der Waals surface area (Å²) in [4.78, 5) is 18.0. The Labute approximate surface area is 135 Å². The number of hydrogen-bond donors (Lipinski definition) is 2. The zero-order chi connectivity index (χ0) is 17.4. The molecule has 126 valence electrons. The number of halogens is 2. The Morgan fingerprint density at radius 1 is 1.29 bits per heavy atom. The van der Waals surface area contributed by atoms with Gasteiger partial charge in [-0.15, -0.1) is 0 Å². The maximum Gasteiger partial charge on any atom is 0.295 e. The monoisotopic (exact) mass is 334 g/mol. The fourth-order valence-corrected chi connectivity index (χ4v) is 2.60. The molecule has 24 heavy (non-hydrogen) atoms. The number of nitrogens with one attached hydrogen (secondary N) is 1. The van der Waals surface area contributed by atoms with Crippen molar-refractivity contribution in [3.05, 3.63) is 57.3 Å². The molecule has 0 amide bonds. The summed E-state index contributed by atoms with van der Waals surface area (Å²) in [5.74, 6) is -0.714. The van der Waals surface area contributed by atoms with Crippen molar-refractivity contribution in [2.75, 3.05) is 0 Å². The maximum absolute atomic E-state index is 13.0. The lowest BCUT2D eigenvalue weighted by molar-refractivity contribution is 0.140. The van der Waals surface area contributed by atoms with E-state index in [0.717, 1.165) is 11.1 Å². The van der Waals surface area contributed by atoms with Crippen LogP contribution < -0.4 is 5.56 Å². The fraction of sp³-hybridized carbons (Fsp3) is 0.312. The summed E-state index contributed by atoms with van der Waals surface area (Å²) >= 11 is 0. The number of aliphatic hydroxyl groups excluding tert-OH is 1. The van der Waals surface area contributed by atoms with Crippen LogP contribution in [0.2, 0.25) is 0 Å². The molecule has 0 aliphatic heterocycles. The van der Waals surface area contributed by atoms with E-state index in [4.69, 9.17) is 0 Å². The third-order valence-electron chi connectivity index (χ3n) is 3.94. The van der Waals surface area contributed by atoms with Gasteiger partial charge in [0, 0.05) is 0 Å². The van der Waals surface area contributed by atoms with Crippen LogP contribution in [0.5, 0.6) is 0 Å². The lowest BCUT2D eigenvalue weighted by Gasteiger charge is -2.14. The van der Waals surface area contributed by atoms with Crippen molar-refractivity contribution in [1.29, 1.82) is 0 Å². The van der Waals surface area contributed by atoms with Crippen molar-refractivity contribution in [3.63, 3.8) is 0 Å². The summed E-state index contributed by atoms with van der Waals surface area (Å²) in [6.45, 7) is 3.30. The first-order valence-electron chi connectivity index (χ1n) is 7.39. The van der Waals surface area contributed by atoms with E-state index < -0.39 is 24.4 Å². The van der Waals surface area contributed by atoms with E-state index in [0.29, 0.717) is 0 Å². The quantitative estimate of drug-likeness (QED) is 0.768. The minimum Gasteiger partial charge on any atom is -0.390 e. The largest absolute Gasteiger partial charge is 0.390 e. The number of aliphatic hydroxyl groups is 1. The van der Waals surface area contributed by atoms with E-state index in [2.05, 4.69) is 10.1 Å². The number of aryl methyl sites for hydroxylation is 1. The number of aromatic amines is 1. The molecule has 8 heteroatoms. The van der Waals surface area contributed by atoms with E-state index >= 15 is 0 Å². The minimum absolute atomic E-state index is 0.0286. The molecule has 1 unspecified atom stereocenters. The Hall–Kier alpha value is -2.61. The zero-order valence-electron chi connectivity index (χ0n) is 13.1. The molecule has 0 bridgehead atoms. The summed E-state index contributed by atoms with van der Waals surface area (Å²) in [5, 5.41) is 13.7. The van der Waals surface area contributed by atoms with Gasteiger partial charge in [-0.25, -0.2) is 18.4 Å². The summed E-state index contributed by atoms with van der Waals surface area (Å²) in [6.07, 6.45) is -2.90. The zero-order valence-corrected chi connectivity index (χ0v) is 13.1. The Morgan fingerprint density at radius 3 is 2.54 bits per heavy atom. The van der Waals surface area contributed by atoms with Crippen molar-refractivity contribution < 1.29 is 13.9 Å². The van der Waals surface area contributed by atoms with Crippen LogP contribution >= 0.6 is 0 Å². The van der Waals surface area contributed by atoms with Crippen molar-refractivity contribution in [2.24, 2.45) is 0 Å². The molecule has 2 N–H and O–H groups in total. The minimum atomic E-state index is -2.90. The number of aromatic nitrogens is 4. The lowest BCUT2D eigenvalue weighted by atomic mass is 10.1. The van der Waals surface area contributed by atoms with Crippen LogP contribution in [0.25, 0.3) is 11.0 Å². The lowest BCUT2D eigenvalue weighted by Crippen LogP contribution is -2.15. The van der Waals surface area contributed by atoms with E-state index in [1.54, 1.807) is 0 Å². The summed E-state index contributed by atoms with van der Waals surface area (Å²) in [5.41, 5.74) is 1.38. The van der Waals surface area contributed by atoms with E-state index in [9.17, 15) is 18.7 Å². The molecule has 0 spiro atoms. The number of rotatable bonds is 4. The normalized spacial score (nSPS) is 12.9. The third kappa shape index (κ3) is 2.69. The average Bonchev–Trinajstić information content (AvgIpc) is 2.94. The molecule has 3 rings (SSSR count). The standard InChI is InChI=1S/C16H16F2N4O2/c1-8-3-5-10(6-4-8)9(2)22-15-12(11(7-23)21-22)16(24)20-14(19-15)13(17)18/h3-6,9,13,23H,7H2,1-2H3,(H,19,20,24). The molecule has 0 fully saturated rings. The Bertz CT molecular complexity index is 932. The van der Waals surface area contributed by atoms with Crippen molar-refractivity contribution in [3.8, 4) is 0 Å². The first kappa shape index (κ1) is 16.3. The van der Waals surface area contributed by atoms with Crippen molar-refractivity contribution in [1.82, 2.24) is 19.7 Å². The first-order chi connectivity index (χ1) is 11.4. The number of hydrogen-bond acceptors (Lipinski definition) is 4. The van der Waals surface area contributed by atoms with Crippen LogP contribution in [0.1, 0.15) is 42.0 Å². The van der Waals surface area contributed by atoms with Gasteiger partial charge in [0.25, 0.3) is 12.0 Å². The van der Waals surface area contributed by atoms with Gasteiger partial charge in [-0.1, -0.05) is 29.8 Å². The first-order valence-corrected chi connectivity index (χ1v) is 7.39. The summed E-state index contributed by atoms with van der Waals surface area (Å²) < 4.78 is 27.3. The molecule has 2 heterocycles. The number of nitrogens with zero attached hydrogens (tertiary/aromatic N) is 3. The highest BCUT2D eigenvalue weighted by atomic mass is 19.3. The smallest absolute Gasteiger partial charge is 0.295 e. The average molecular weight is 334 g/mol. The number of H-pyrrole nitrogens is 1. The Kier molecular flexibility index (Phi) is 4.15. The van der Waals surface area contributed by atoms with Gasteiger partial charge >= 0.3 is 0 Å². The van der Waals surface area contributed by atoms with E-state index in [-0.39, 0.29) is 22.8 Å². The molecule has 0 aliphatic carbocycles. The predicted octanol–water partition coefficient (Wildman–Crippen LogP) is 2.47. The van der Waals surface area contributed by atoms with Gasteiger partial charge in [-0.3, -0.25) is 4.79 Å². The van der Waals surface area contributed by atoms with Crippen LogP contribution in [0.4, 0.5) is 8.78 Å². The second kappa shape index (κ2) is 6.12. The van der Waals surface area contributed by atoms with Gasteiger partial charge in [0.05, 0.1) is 12.6 Å². The highest BCUT2D eigenvalue weighted by Crippen LogP contribution is 2.24. The van der Waals surface area contributed by atoms with Crippen molar-refractivity contribution in [2.45, 2.75) is 32.9 Å². The molecule has 0 saturated heterocycles. The number of alkyl halides is 2. The Balaban J connectivity index is 2.23. The third-order valence-corrected chi connectivity index (χ3v) is 3.94. The molecule has 0 saturated carbocycles. The molecule has 3 aromatic rings. The second-order valence-corrected chi connectivity index (χ2v) is 5.59. The molecule has 0 radical (unpaired) electrons. The number of fused-ring (bicyclic) bond motifs is 1. The van der Waals surface area contributed by atoms with Crippen LogP contribution in [0.15, 0.2) is 29.1 Å². The number of benzene rings is 1. The summed E-state index contributed by atoms with van der Waals surface area (Å²) in [6, 6.07) is 7.30. The molecular weight excluding hydrogens is 318 g/mol. The molecule has 2 aromatic heterocycles. The molecule has 1 aromatic carbocycles. The SMILES string of the molecule is Cc1ccc(C(C)n2nc(CO)c3c(=O)[nH]c(C(F)F)nc32)cc1. The van der Waals surface area contributed by atoms with Crippen LogP contribution in [0.3, 0.4) is 0 Å². The van der Waals surface area contributed by atoms with Crippen LogP contribution in [-0.2, 0) is 6.61 Å². The maximum atomic E-state index is 13.0. The highest BCUT2D eigenvalue weighted by molar-refractivity contribution is 5.77. The molecular formula is C16H16F2N4O2. The molecule has 6 nitrogen and oxygen atoms in total. The van der Waals surface area contributed by atoms with E-state index in [1.165, 1.54) is 4.68 Å². The van der Waals surface area contributed by atoms with Crippen LogP contribution in [0, 0.1) is 6.92 Å². The van der Waals surface area contributed by atoms with Gasteiger partial charge in [0.1, 0.15) is 11.1 Å². The second-order valence-electron chi connectivity index (χ2n) is 5.59.